The van der Waals surface area contributed by atoms with Crippen LogP contribution in [0.15, 0.2) is 56.7 Å². The van der Waals surface area contributed by atoms with Crippen LogP contribution in [0.3, 0.4) is 0 Å². The van der Waals surface area contributed by atoms with Gasteiger partial charge in [-0.1, -0.05) is 41.9 Å². The van der Waals surface area contributed by atoms with Gasteiger partial charge in [0.25, 0.3) is 5.91 Å². The molecule has 0 saturated carbocycles. The minimum absolute atomic E-state index is 0.185. The zero-order valence-electron chi connectivity index (χ0n) is 14.0. The predicted molar refractivity (Wildman–Crippen MR) is 101 cm³/mol. The van der Waals surface area contributed by atoms with Crippen molar-refractivity contribution in [2.24, 2.45) is 9.36 Å². The average molecular weight is 376 g/mol. The standard InChI is InChI=1S/C18H18ClN3O2S/c1-3-22(2)12-20-14-9-10-15-16(17(14)19)18(23)21-25(15,24)11-13-7-5-4-6-8-13/h4-10,12H,3,11H2,1-2H3. The van der Waals surface area contributed by atoms with Gasteiger partial charge in [-0.2, -0.15) is 4.36 Å². The van der Waals surface area contributed by atoms with Crippen molar-refractivity contribution in [2.75, 3.05) is 13.6 Å². The van der Waals surface area contributed by atoms with E-state index in [9.17, 15) is 9.00 Å². The maximum absolute atomic E-state index is 13.3. The van der Waals surface area contributed by atoms with Gasteiger partial charge in [0, 0.05) is 13.6 Å². The number of rotatable bonds is 5. The van der Waals surface area contributed by atoms with Crippen molar-refractivity contribution in [1.82, 2.24) is 4.90 Å². The fourth-order valence-electron chi connectivity index (χ4n) is 2.49. The van der Waals surface area contributed by atoms with Crippen molar-refractivity contribution in [3.05, 3.63) is 58.6 Å². The van der Waals surface area contributed by atoms with Crippen molar-refractivity contribution in [3.8, 4) is 0 Å². The molecule has 5 nitrogen and oxygen atoms in total. The van der Waals surface area contributed by atoms with E-state index in [1.54, 1.807) is 18.5 Å². The maximum atomic E-state index is 13.3. The van der Waals surface area contributed by atoms with Crippen molar-refractivity contribution in [2.45, 2.75) is 17.6 Å². The number of benzene rings is 2. The summed E-state index contributed by atoms with van der Waals surface area (Å²) in [6.45, 7) is 2.79. The Morgan fingerprint density at radius 3 is 2.64 bits per heavy atom. The molecule has 0 aliphatic carbocycles. The van der Waals surface area contributed by atoms with Gasteiger partial charge in [-0.25, -0.2) is 9.20 Å². The Balaban J connectivity index is 2.02. The molecule has 1 aliphatic heterocycles. The Hall–Kier alpha value is -2.18. The van der Waals surface area contributed by atoms with E-state index in [2.05, 4.69) is 9.36 Å². The number of aliphatic imine (C=N–C) groups is 1. The lowest BCUT2D eigenvalue weighted by Gasteiger charge is -2.10. The largest absolute Gasteiger partial charge is 0.366 e. The maximum Gasteiger partial charge on any atom is 0.288 e. The summed E-state index contributed by atoms with van der Waals surface area (Å²) in [4.78, 5) is 18.9. The second kappa shape index (κ2) is 6.98. The van der Waals surface area contributed by atoms with Gasteiger partial charge >= 0.3 is 0 Å². The molecule has 0 fully saturated rings. The number of hydrogen-bond donors (Lipinski definition) is 0. The molecule has 1 amide bonds. The molecular weight excluding hydrogens is 358 g/mol. The molecule has 1 unspecified atom stereocenters. The van der Waals surface area contributed by atoms with E-state index in [4.69, 9.17) is 11.6 Å². The van der Waals surface area contributed by atoms with E-state index in [0.29, 0.717) is 10.6 Å². The van der Waals surface area contributed by atoms with E-state index in [1.165, 1.54) is 0 Å². The lowest BCUT2D eigenvalue weighted by molar-refractivity contribution is 0.101. The molecule has 2 aromatic carbocycles. The van der Waals surface area contributed by atoms with Gasteiger partial charge in [-0.05, 0) is 24.6 Å². The van der Waals surface area contributed by atoms with Crippen LogP contribution in [0.4, 0.5) is 5.69 Å². The Morgan fingerprint density at radius 2 is 1.96 bits per heavy atom. The molecule has 1 heterocycles. The van der Waals surface area contributed by atoms with Crippen molar-refractivity contribution in [3.63, 3.8) is 0 Å². The van der Waals surface area contributed by atoms with Crippen molar-refractivity contribution in [1.29, 1.82) is 0 Å². The number of fused-ring (bicyclic) bond motifs is 1. The molecule has 1 atom stereocenters. The number of amides is 1. The molecule has 0 bridgehead atoms. The van der Waals surface area contributed by atoms with Crippen LogP contribution < -0.4 is 0 Å². The van der Waals surface area contributed by atoms with Crippen molar-refractivity contribution >= 4 is 39.3 Å². The smallest absolute Gasteiger partial charge is 0.288 e. The molecule has 0 N–H and O–H groups in total. The van der Waals surface area contributed by atoms with Crippen LogP contribution in [-0.4, -0.2) is 34.9 Å². The second-order valence-electron chi connectivity index (χ2n) is 5.76. The van der Waals surface area contributed by atoms with Crippen LogP contribution >= 0.6 is 11.6 Å². The van der Waals surface area contributed by atoms with Crippen LogP contribution in [0.25, 0.3) is 0 Å². The van der Waals surface area contributed by atoms with Gasteiger partial charge in [0.2, 0.25) is 0 Å². The van der Waals surface area contributed by atoms with Gasteiger partial charge in [0.05, 0.1) is 43.0 Å². The van der Waals surface area contributed by atoms with E-state index >= 15 is 0 Å². The molecule has 25 heavy (non-hydrogen) atoms. The van der Waals surface area contributed by atoms with Gasteiger partial charge in [0.15, 0.2) is 0 Å². The molecule has 2 aromatic rings. The molecular formula is C18H18ClN3O2S. The lowest BCUT2D eigenvalue weighted by atomic mass is 10.2. The van der Waals surface area contributed by atoms with E-state index < -0.39 is 15.6 Å². The van der Waals surface area contributed by atoms with Crippen LogP contribution in [0.2, 0.25) is 5.02 Å². The minimum atomic E-state index is -2.86. The van der Waals surface area contributed by atoms with E-state index in [-0.39, 0.29) is 16.3 Å². The zero-order chi connectivity index (χ0) is 18.0. The zero-order valence-corrected chi connectivity index (χ0v) is 15.5. The summed E-state index contributed by atoms with van der Waals surface area (Å²) in [7, 11) is -0.975. The highest BCUT2D eigenvalue weighted by Crippen LogP contribution is 2.39. The lowest BCUT2D eigenvalue weighted by Crippen LogP contribution is -2.14. The summed E-state index contributed by atoms with van der Waals surface area (Å²) in [6.07, 6.45) is 1.64. The predicted octanol–water partition coefficient (Wildman–Crippen LogP) is 4.13. The number of halogens is 1. The van der Waals surface area contributed by atoms with Gasteiger partial charge in [-0.15, -0.1) is 0 Å². The molecule has 0 radical (unpaired) electrons. The van der Waals surface area contributed by atoms with Crippen LogP contribution in [0.1, 0.15) is 22.8 Å². The van der Waals surface area contributed by atoms with Crippen LogP contribution in [-0.2, 0) is 15.5 Å². The average Bonchev–Trinajstić information content (AvgIpc) is 2.85. The Labute approximate surface area is 152 Å². The minimum Gasteiger partial charge on any atom is -0.366 e. The first-order valence-electron chi connectivity index (χ1n) is 7.84. The number of hydrogen-bond acceptors (Lipinski definition) is 3. The summed E-state index contributed by atoms with van der Waals surface area (Å²) in [6, 6.07) is 12.7. The van der Waals surface area contributed by atoms with E-state index in [1.807, 2.05) is 49.2 Å². The monoisotopic (exact) mass is 375 g/mol. The highest BCUT2D eigenvalue weighted by atomic mass is 35.5. The van der Waals surface area contributed by atoms with Crippen LogP contribution in [0, 0.1) is 0 Å². The molecule has 1 aliphatic rings. The molecule has 0 saturated heterocycles. The van der Waals surface area contributed by atoms with Gasteiger partial charge in [0.1, 0.15) is 0 Å². The third-order valence-corrected chi connectivity index (χ3v) is 6.56. The normalized spacial score (nSPS) is 19.1. The third kappa shape index (κ3) is 3.45. The summed E-state index contributed by atoms with van der Waals surface area (Å²) in [5.41, 5.74) is 1.53. The van der Waals surface area contributed by atoms with Gasteiger partial charge in [-0.3, -0.25) is 4.79 Å². The van der Waals surface area contributed by atoms with Crippen LogP contribution in [0.5, 0.6) is 0 Å². The quantitative estimate of drug-likeness (QED) is 0.583. The summed E-state index contributed by atoms with van der Waals surface area (Å²) in [5.74, 6) is -0.355. The topological polar surface area (TPSA) is 62.1 Å². The Kier molecular flexibility index (Phi) is 4.92. The SMILES string of the molecule is CCN(C)C=Nc1ccc2c(c1Cl)C(=O)N=S2(=O)Cc1ccccc1. The Bertz CT molecular complexity index is 964. The number of nitrogens with zero attached hydrogens (tertiary/aromatic N) is 3. The highest BCUT2D eigenvalue weighted by molar-refractivity contribution is 7.93. The fourth-order valence-corrected chi connectivity index (χ4v) is 4.95. The molecule has 7 heteroatoms. The molecule has 3 rings (SSSR count). The molecule has 0 spiro atoms. The first-order chi connectivity index (χ1) is 11.9. The first kappa shape index (κ1) is 17.6. The molecule has 130 valence electrons. The fraction of sp³-hybridized carbons (Fsp3) is 0.222. The van der Waals surface area contributed by atoms with E-state index in [0.717, 1.165) is 12.1 Å². The number of carbonyl (C=O) groups is 1. The summed E-state index contributed by atoms with van der Waals surface area (Å²) in [5, 5.41) is 0.199. The third-order valence-electron chi connectivity index (χ3n) is 3.97. The first-order valence-corrected chi connectivity index (χ1v) is 9.91. The summed E-state index contributed by atoms with van der Waals surface area (Å²) < 4.78 is 17.2. The highest BCUT2D eigenvalue weighted by Gasteiger charge is 2.32. The number of carbonyl (C=O) groups excluding carboxylic acids is 1. The van der Waals surface area contributed by atoms with Gasteiger partial charge < -0.3 is 4.90 Å². The molecule has 0 aromatic heterocycles. The van der Waals surface area contributed by atoms with Crippen molar-refractivity contribution < 1.29 is 9.00 Å². The second-order valence-corrected chi connectivity index (χ2v) is 8.33. The summed E-state index contributed by atoms with van der Waals surface area (Å²) >= 11 is 6.37. The Morgan fingerprint density at radius 1 is 1.24 bits per heavy atom.